The molecule has 2 aromatic carbocycles. The number of phenols is 1. The molecule has 0 spiro atoms. The topological polar surface area (TPSA) is 113 Å². The maximum absolute atomic E-state index is 16.8. The summed E-state index contributed by atoms with van der Waals surface area (Å²) in [5.41, 5.74) is -0.635. The first-order valence-corrected chi connectivity index (χ1v) is 17.1. The van der Waals surface area contributed by atoms with Crippen molar-refractivity contribution in [2.75, 3.05) is 51.5 Å². The zero-order valence-electron chi connectivity index (χ0n) is 27.4. The van der Waals surface area contributed by atoms with Gasteiger partial charge in [-0.1, -0.05) is 12.5 Å². The summed E-state index contributed by atoms with van der Waals surface area (Å²) in [6, 6.07) is 5.56. The first-order valence-electron chi connectivity index (χ1n) is 17.1. The molecule has 49 heavy (non-hydrogen) atoms. The Labute approximate surface area is 281 Å². The van der Waals surface area contributed by atoms with Crippen molar-refractivity contribution < 1.29 is 37.6 Å². The minimum Gasteiger partial charge on any atom is -0.508 e. The molecule has 4 heterocycles. The van der Waals surface area contributed by atoms with Crippen LogP contribution in [0.25, 0.3) is 32.9 Å². The van der Waals surface area contributed by atoms with Gasteiger partial charge in [0.15, 0.2) is 17.5 Å². The number of aliphatic hydroxyl groups is 1. The van der Waals surface area contributed by atoms with E-state index >= 15 is 8.78 Å². The third kappa shape index (κ3) is 5.74. The molecule has 4 aromatic rings. The molecular formula is C36H40F3N5O5. The SMILES string of the molecule is COC1CC(N2CCCC3(COc4nc(N5CCOCC(O)C5)c5cnc(-c6cc(O)cc7ccc(F)c(F)c67)c(F)c5n4)CCCC23)C1. The maximum atomic E-state index is 16.8. The number of piperidine rings is 1. The minimum absolute atomic E-state index is 0.0172. The van der Waals surface area contributed by atoms with Crippen molar-refractivity contribution in [3.05, 3.63) is 47.9 Å². The highest BCUT2D eigenvalue weighted by Gasteiger charge is 2.51. The number of hydrogen-bond acceptors (Lipinski definition) is 10. The maximum Gasteiger partial charge on any atom is 0.319 e. The number of pyridine rings is 1. The lowest BCUT2D eigenvalue weighted by Gasteiger charge is -2.53. The fraction of sp³-hybridized carbons (Fsp3) is 0.528. The summed E-state index contributed by atoms with van der Waals surface area (Å²) in [5.74, 6) is -3.11. The molecule has 4 fully saturated rings. The van der Waals surface area contributed by atoms with Crippen LogP contribution in [0, 0.1) is 22.9 Å². The fourth-order valence-corrected chi connectivity index (χ4v) is 8.65. The number of likely N-dealkylation sites (tertiary alicyclic amines) is 1. The van der Waals surface area contributed by atoms with Gasteiger partial charge in [0.2, 0.25) is 0 Å². The molecule has 2 saturated carbocycles. The molecule has 3 unspecified atom stereocenters. The average molecular weight is 680 g/mol. The number of aromatic nitrogens is 3. The second-order valence-electron chi connectivity index (χ2n) is 14.0. The molecule has 2 aromatic heterocycles. The molecule has 13 heteroatoms. The van der Waals surface area contributed by atoms with E-state index in [9.17, 15) is 14.6 Å². The Bertz CT molecular complexity index is 1890. The van der Waals surface area contributed by atoms with Crippen molar-refractivity contribution in [3.8, 4) is 23.0 Å². The molecule has 260 valence electrons. The number of phenolic OH excluding ortho intramolecular Hbond substituents is 1. The predicted octanol–water partition coefficient (Wildman–Crippen LogP) is 5.36. The summed E-state index contributed by atoms with van der Waals surface area (Å²) in [6.07, 6.45) is 8.23. The van der Waals surface area contributed by atoms with Crippen LogP contribution in [0.15, 0.2) is 30.5 Å². The van der Waals surface area contributed by atoms with E-state index in [1.165, 1.54) is 18.3 Å². The second-order valence-corrected chi connectivity index (χ2v) is 14.0. The standard InChI is InChI=1S/C36H40F3N5O5/c1-47-24-13-21(14-24)44-9-3-8-36(7-2-4-28(36)44)19-49-35-41-33-26(34(42-35)43-10-11-48-18-23(46)17-43)16-40-32(31(33)39)25-15-22(45)12-20-5-6-27(37)30(38)29(20)25/h5-6,12,15-16,21,23-24,28,45-46H,2-4,7-11,13-14,17-19H2,1H3. The van der Waals surface area contributed by atoms with Crippen LogP contribution in [-0.2, 0) is 9.47 Å². The highest BCUT2D eigenvalue weighted by molar-refractivity contribution is 6.00. The van der Waals surface area contributed by atoms with Gasteiger partial charge >= 0.3 is 6.01 Å². The van der Waals surface area contributed by atoms with Gasteiger partial charge in [-0.25, -0.2) is 13.2 Å². The van der Waals surface area contributed by atoms with Crippen LogP contribution in [-0.4, -0.2) is 101 Å². The highest BCUT2D eigenvalue weighted by Crippen LogP contribution is 2.50. The number of halogens is 3. The normalized spacial score (nSPS) is 27.7. The number of anilines is 1. The van der Waals surface area contributed by atoms with Crippen LogP contribution in [0.2, 0.25) is 0 Å². The lowest BCUT2D eigenvalue weighted by Crippen LogP contribution is -2.59. The number of ether oxygens (including phenoxy) is 3. The molecule has 3 atom stereocenters. The van der Waals surface area contributed by atoms with Gasteiger partial charge in [0.05, 0.1) is 37.4 Å². The van der Waals surface area contributed by atoms with E-state index in [1.807, 2.05) is 0 Å². The largest absolute Gasteiger partial charge is 0.508 e. The van der Waals surface area contributed by atoms with Crippen LogP contribution in [0.1, 0.15) is 44.9 Å². The third-order valence-electron chi connectivity index (χ3n) is 11.1. The van der Waals surface area contributed by atoms with E-state index in [4.69, 9.17) is 19.2 Å². The quantitative estimate of drug-likeness (QED) is 0.265. The molecule has 0 amide bonds. The van der Waals surface area contributed by atoms with Crippen LogP contribution >= 0.6 is 0 Å². The van der Waals surface area contributed by atoms with Gasteiger partial charge in [-0.2, -0.15) is 9.97 Å². The van der Waals surface area contributed by atoms with Gasteiger partial charge in [-0.3, -0.25) is 9.88 Å². The predicted molar refractivity (Wildman–Crippen MR) is 176 cm³/mol. The fourth-order valence-electron chi connectivity index (χ4n) is 8.65. The Morgan fingerprint density at radius 1 is 1.06 bits per heavy atom. The van der Waals surface area contributed by atoms with Crippen LogP contribution in [0.4, 0.5) is 19.0 Å². The van der Waals surface area contributed by atoms with Gasteiger partial charge in [-0.15, -0.1) is 0 Å². The number of methoxy groups -OCH3 is 1. The summed E-state index contributed by atoms with van der Waals surface area (Å²) >= 11 is 0. The van der Waals surface area contributed by atoms with Gasteiger partial charge in [-0.05, 0) is 68.7 Å². The monoisotopic (exact) mass is 679 g/mol. The van der Waals surface area contributed by atoms with Crippen molar-refractivity contribution in [1.29, 1.82) is 0 Å². The molecule has 8 rings (SSSR count). The molecule has 0 bridgehead atoms. The number of aliphatic hydroxyl groups excluding tert-OH is 1. The minimum atomic E-state index is -1.17. The molecule has 0 radical (unpaired) electrons. The molecular weight excluding hydrogens is 639 g/mol. The summed E-state index contributed by atoms with van der Waals surface area (Å²) < 4.78 is 63.9. The summed E-state index contributed by atoms with van der Waals surface area (Å²) in [7, 11) is 1.77. The number of rotatable bonds is 7. The van der Waals surface area contributed by atoms with Crippen LogP contribution in [0.5, 0.6) is 11.8 Å². The van der Waals surface area contributed by atoms with Gasteiger partial charge in [0.25, 0.3) is 0 Å². The van der Waals surface area contributed by atoms with E-state index in [0.29, 0.717) is 43.8 Å². The number of nitrogens with zero attached hydrogens (tertiary/aromatic N) is 5. The zero-order chi connectivity index (χ0) is 33.9. The summed E-state index contributed by atoms with van der Waals surface area (Å²) in [6.45, 7) is 2.45. The third-order valence-corrected chi connectivity index (χ3v) is 11.1. The Hall–Kier alpha value is -3.78. The summed E-state index contributed by atoms with van der Waals surface area (Å²) in [4.78, 5) is 18.1. The molecule has 2 N–H and O–H groups in total. The first kappa shape index (κ1) is 32.4. The Kier molecular flexibility index (Phi) is 8.49. The van der Waals surface area contributed by atoms with E-state index < -0.39 is 23.6 Å². The van der Waals surface area contributed by atoms with E-state index in [2.05, 4.69) is 14.9 Å². The number of aromatic hydroxyl groups is 1. The van der Waals surface area contributed by atoms with Crippen LogP contribution < -0.4 is 9.64 Å². The summed E-state index contributed by atoms with van der Waals surface area (Å²) in [5, 5.41) is 21.2. The van der Waals surface area contributed by atoms with E-state index in [-0.39, 0.29) is 63.3 Å². The van der Waals surface area contributed by atoms with Crippen molar-refractivity contribution in [2.24, 2.45) is 5.41 Å². The highest BCUT2D eigenvalue weighted by atomic mass is 19.2. The Morgan fingerprint density at radius 2 is 1.90 bits per heavy atom. The lowest BCUT2D eigenvalue weighted by molar-refractivity contribution is -0.0845. The Morgan fingerprint density at radius 3 is 2.73 bits per heavy atom. The second kappa shape index (κ2) is 12.8. The molecule has 2 aliphatic carbocycles. The molecule has 4 aliphatic rings. The van der Waals surface area contributed by atoms with Crippen molar-refractivity contribution in [1.82, 2.24) is 19.9 Å². The molecule has 2 saturated heterocycles. The number of benzene rings is 2. The van der Waals surface area contributed by atoms with Gasteiger partial charge < -0.3 is 29.3 Å². The zero-order valence-corrected chi connectivity index (χ0v) is 27.4. The van der Waals surface area contributed by atoms with E-state index in [1.54, 1.807) is 12.0 Å². The first-order chi connectivity index (χ1) is 23.7. The van der Waals surface area contributed by atoms with Crippen molar-refractivity contribution >= 4 is 27.5 Å². The van der Waals surface area contributed by atoms with Crippen molar-refractivity contribution in [3.63, 3.8) is 0 Å². The number of β-amino-alcohol motifs (C(OH)–C–C–N with tert-alkyl or cyclic N) is 1. The van der Waals surface area contributed by atoms with Gasteiger partial charge in [0.1, 0.15) is 22.8 Å². The van der Waals surface area contributed by atoms with Crippen LogP contribution in [0.3, 0.4) is 0 Å². The van der Waals surface area contributed by atoms with E-state index in [0.717, 1.165) is 63.6 Å². The molecule has 10 nitrogen and oxygen atoms in total. The number of hydrogen-bond donors (Lipinski definition) is 2. The Balaban J connectivity index is 1.20. The van der Waals surface area contributed by atoms with Crippen molar-refractivity contribution in [2.45, 2.75) is 69.2 Å². The smallest absolute Gasteiger partial charge is 0.319 e. The lowest BCUT2D eigenvalue weighted by atomic mass is 9.73. The molecule has 2 aliphatic heterocycles. The average Bonchev–Trinajstić information content (AvgIpc) is 3.39. The van der Waals surface area contributed by atoms with Gasteiger partial charge in [0, 0.05) is 54.8 Å². The number of fused-ring (bicyclic) bond motifs is 3.